The van der Waals surface area contributed by atoms with E-state index in [0.29, 0.717) is 0 Å². The summed E-state index contributed by atoms with van der Waals surface area (Å²) in [6.45, 7) is 4.66. The third-order valence-electron chi connectivity index (χ3n) is 0.796. The lowest BCUT2D eigenvalue weighted by atomic mass is 10.5. The molecule has 0 aliphatic heterocycles. The van der Waals surface area contributed by atoms with Gasteiger partial charge in [0.25, 0.3) is 0 Å². The zero-order valence-electron chi connectivity index (χ0n) is 5.58. The van der Waals surface area contributed by atoms with Crippen molar-refractivity contribution < 1.29 is 14.6 Å². The monoisotopic (exact) mass is 164 g/mol. The Labute approximate surface area is 64.2 Å². The summed E-state index contributed by atoms with van der Waals surface area (Å²) in [5.41, 5.74) is 0. The van der Waals surface area contributed by atoms with Gasteiger partial charge in [0.05, 0.1) is 5.38 Å². The van der Waals surface area contributed by atoms with E-state index in [1.54, 1.807) is 0 Å². The molecule has 0 aromatic carbocycles. The van der Waals surface area contributed by atoms with Gasteiger partial charge in [-0.3, -0.25) is 0 Å². The molecule has 3 nitrogen and oxygen atoms in total. The molecule has 0 aromatic heterocycles. The molecule has 0 aromatic rings. The van der Waals surface area contributed by atoms with Gasteiger partial charge in [0.1, 0.15) is 0 Å². The van der Waals surface area contributed by atoms with Crippen molar-refractivity contribution in [1.82, 2.24) is 0 Å². The molecule has 1 N–H and O–H groups in total. The third-order valence-corrected chi connectivity index (χ3v) is 1.01. The summed E-state index contributed by atoms with van der Waals surface area (Å²) in [5.74, 6) is -0.681. The second kappa shape index (κ2) is 4.30. The lowest BCUT2D eigenvalue weighted by molar-refractivity contribution is -0.161. The van der Waals surface area contributed by atoms with E-state index in [1.165, 1.54) is 6.92 Å². The molecule has 0 bridgehead atoms. The number of alkyl halides is 1. The standard InChI is InChI=1S/C6H9ClO3/c1-3-5(8)10-6(9)4(2)7/h3-4,6,9H,1H2,2H3. The fourth-order valence-electron chi connectivity index (χ4n) is 0.261. The van der Waals surface area contributed by atoms with Crippen molar-refractivity contribution in [2.45, 2.75) is 18.6 Å². The number of aliphatic hydroxyl groups is 1. The number of carbonyl (C=O) groups is 1. The minimum absolute atomic E-state index is 0.608. The summed E-state index contributed by atoms with van der Waals surface area (Å²) >= 11 is 5.37. The Hall–Kier alpha value is -0.540. The molecule has 0 spiro atoms. The minimum Gasteiger partial charge on any atom is -0.431 e. The summed E-state index contributed by atoms with van der Waals surface area (Å²) in [4.78, 5) is 10.4. The Morgan fingerprint density at radius 1 is 1.90 bits per heavy atom. The highest BCUT2D eigenvalue weighted by atomic mass is 35.5. The molecule has 4 heteroatoms. The van der Waals surface area contributed by atoms with Crippen LogP contribution in [0.3, 0.4) is 0 Å². The van der Waals surface area contributed by atoms with Gasteiger partial charge in [0, 0.05) is 6.08 Å². The van der Waals surface area contributed by atoms with Crippen LogP contribution in [0, 0.1) is 0 Å². The van der Waals surface area contributed by atoms with Crippen molar-refractivity contribution >= 4 is 17.6 Å². The molecular formula is C6H9ClO3. The van der Waals surface area contributed by atoms with Gasteiger partial charge in [-0.2, -0.15) is 0 Å². The normalized spacial score (nSPS) is 15.5. The average Bonchev–Trinajstić information content (AvgIpc) is 1.87. The first kappa shape index (κ1) is 9.46. The van der Waals surface area contributed by atoms with E-state index in [-0.39, 0.29) is 0 Å². The minimum atomic E-state index is -1.26. The third kappa shape index (κ3) is 3.48. The lowest BCUT2D eigenvalue weighted by Crippen LogP contribution is -2.23. The molecule has 2 unspecified atom stereocenters. The van der Waals surface area contributed by atoms with Crippen molar-refractivity contribution in [2.24, 2.45) is 0 Å². The fraction of sp³-hybridized carbons (Fsp3) is 0.500. The van der Waals surface area contributed by atoms with Crippen LogP contribution in [0.4, 0.5) is 0 Å². The molecule has 0 amide bonds. The molecule has 58 valence electrons. The molecule has 10 heavy (non-hydrogen) atoms. The molecule has 0 heterocycles. The quantitative estimate of drug-likeness (QED) is 0.289. The van der Waals surface area contributed by atoms with E-state index in [9.17, 15) is 4.79 Å². The fourth-order valence-corrected chi connectivity index (χ4v) is 0.312. The molecule has 0 saturated carbocycles. The second-order valence-corrected chi connectivity index (χ2v) is 2.40. The Balaban J connectivity index is 3.67. The van der Waals surface area contributed by atoms with Crippen molar-refractivity contribution in [2.75, 3.05) is 0 Å². The smallest absolute Gasteiger partial charge is 0.332 e. The molecule has 0 rings (SSSR count). The summed E-state index contributed by atoms with van der Waals surface area (Å²) < 4.78 is 4.33. The maximum Gasteiger partial charge on any atom is 0.332 e. The highest BCUT2D eigenvalue weighted by molar-refractivity contribution is 6.20. The van der Waals surface area contributed by atoms with Gasteiger partial charge in [-0.1, -0.05) is 6.58 Å². The molecule has 0 saturated heterocycles. The number of aliphatic hydroxyl groups excluding tert-OH is 1. The second-order valence-electron chi connectivity index (χ2n) is 1.71. The highest BCUT2D eigenvalue weighted by Gasteiger charge is 2.13. The first-order chi connectivity index (χ1) is 4.57. The van der Waals surface area contributed by atoms with E-state index in [4.69, 9.17) is 16.7 Å². The predicted molar refractivity (Wildman–Crippen MR) is 37.6 cm³/mol. The van der Waals surface area contributed by atoms with Gasteiger partial charge >= 0.3 is 5.97 Å². The topological polar surface area (TPSA) is 46.5 Å². The molecule has 0 radical (unpaired) electrons. The summed E-state index contributed by atoms with van der Waals surface area (Å²) in [7, 11) is 0. The Kier molecular flexibility index (Phi) is 4.07. The summed E-state index contributed by atoms with van der Waals surface area (Å²) in [6.07, 6.45) is -0.296. The van der Waals surface area contributed by atoms with E-state index in [2.05, 4.69) is 11.3 Å². The van der Waals surface area contributed by atoms with Crippen LogP contribution >= 0.6 is 11.6 Å². The van der Waals surface area contributed by atoms with Crippen LogP contribution in [0.15, 0.2) is 12.7 Å². The van der Waals surface area contributed by atoms with E-state index in [1.807, 2.05) is 0 Å². The maximum absolute atomic E-state index is 10.4. The van der Waals surface area contributed by atoms with E-state index in [0.717, 1.165) is 6.08 Å². The lowest BCUT2D eigenvalue weighted by Gasteiger charge is -2.11. The molecular weight excluding hydrogens is 156 g/mol. The van der Waals surface area contributed by atoms with Crippen LogP contribution in [0.5, 0.6) is 0 Å². The van der Waals surface area contributed by atoms with Gasteiger partial charge in [0.15, 0.2) is 0 Å². The van der Waals surface area contributed by atoms with Gasteiger partial charge in [-0.25, -0.2) is 4.79 Å². The number of hydrogen-bond acceptors (Lipinski definition) is 3. The number of halogens is 1. The van der Waals surface area contributed by atoms with Gasteiger partial charge in [-0.05, 0) is 6.92 Å². The number of esters is 1. The number of carbonyl (C=O) groups excluding carboxylic acids is 1. The summed E-state index contributed by atoms with van der Waals surface area (Å²) in [5, 5.41) is 8.20. The van der Waals surface area contributed by atoms with Crippen LogP contribution in [-0.4, -0.2) is 22.7 Å². The number of hydrogen-bond donors (Lipinski definition) is 1. The first-order valence-electron chi connectivity index (χ1n) is 2.73. The number of ether oxygens (including phenoxy) is 1. The summed E-state index contributed by atoms with van der Waals surface area (Å²) in [6, 6.07) is 0. The SMILES string of the molecule is C=CC(=O)OC(O)C(C)Cl. The Bertz CT molecular complexity index is 133. The largest absolute Gasteiger partial charge is 0.431 e. The predicted octanol–water partition coefficient (Wildman–Crippen LogP) is 0.661. The van der Waals surface area contributed by atoms with Crippen molar-refractivity contribution in [3.8, 4) is 0 Å². The van der Waals surface area contributed by atoms with Crippen LogP contribution in [-0.2, 0) is 9.53 Å². The van der Waals surface area contributed by atoms with Crippen LogP contribution in [0.2, 0.25) is 0 Å². The molecule has 0 aliphatic rings. The van der Waals surface area contributed by atoms with E-state index >= 15 is 0 Å². The van der Waals surface area contributed by atoms with Crippen molar-refractivity contribution in [1.29, 1.82) is 0 Å². The van der Waals surface area contributed by atoms with E-state index < -0.39 is 17.6 Å². The van der Waals surface area contributed by atoms with Gasteiger partial charge in [0.2, 0.25) is 6.29 Å². The Morgan fingerprint density at radius 2 is 2.40 bits per heavy atom. The van der Waals surface area contributed by atoms with Crippen LogP contribution in [0.25, 0.3) is 0 Å². The maximum atomic E-state index is 10.4. The van der Waals surface area contributed by atoms with Gasteiger partial charge in [-0.15, -0.1) is 11.6 Å². The Morgan fingerprint density at radius 3 is 2.70 bits per heavy atom. The van der Waals surface area contributed by atoms with Crippen LogP contribution < -0.4 is 0 Å². The zero-order valence-corrected chi connectivity index (χ0v) is 6.34. The van der Waals surface area contributed by atoms with Crippen LogP contribution in [0.1, 0.15) is 6.92 Å². The van der Waals surface area contributed by atoms with Gasteiger partial charge < -0.3 is 9.84 Å². The molecule has 0 fully saturated rings. The zero-order chi connectivity index (χ0) is 8.15. The molecule has 0 aliphatic carbocycles. The first-order valence-corrected chi connectivity index (χ1v) is 3.16. The average molecular weight is 165 g/mol. The van der Waals surface area contributed by atoms with Crippen molar-refractivity contribution in [3.05, 3.63) is 12.7 Å². The van der Waals surface area contributed by atoms with Crippen molar-refractivity contribution in [3.63, 3.8) is 0 Å². The highest BCUT2D eigenvalue weighted by Crippen LogP contribution is 2.02. The number of rotatable bonds is 3. The molecule has 2 atom stereocenters.